The van der Waals surface area contributed by atoms with Crippen molar-refractivity contribution < 1.29 is 14.3 Å². The second-order valence-corrected chi connectivity index (χ2v) is 8.88. The number of thiophene rings is 1. The largest absolute Gasteiger partial charge is 0.454 e. The Balaban J connectivity index is 1.21. The van der Waals surface area contributed by atoms with Crippen LogP contribution in [0.4, 0.5) is 0 Å². The Hall–Kier alpha value is -2.83. The highest BCUT2D eigenvalue weighted by Crippen LogP contribution is 2.32. The monoisotopic (exact) mass is 434 g/mol. The van der Waals surface area contributed by atoms with Gasteiger partial charge in [-0.2, -0.15) is 11.3 Å². The molecule has 5 nitrogen and oxygen atoms in total. The van der Waals surface area contributed by atoms with Gasteiger partial charge in [0, 0.05) is 13.1 Å². The van der Waals surface area contributed by atoms with Gasteiger partial charge in [-0.25, -0.2) is 0 Å². The molecule has 1 saturated heterocycles. The summed E-state index contributed by atoms with van der Waals surface area (Å²) in [6, 6.07) is 16.6. The van der Waals surface area contributed by atoms with E-state index < -0.39 is 0 Å². The molecule has 2 aliphatic rings. The van der Waals surface area contributed by atoms with Crippen molar-refractivity contribution >= 4 is 17.2 Å². The Bertz CT molecular complexity index is 1030. The second kappa shape index (κ2) is 9.12. The molecule has 1 unspecified atom stereocenters. The zero-order chi connectivity index (χ0) is 21.0. The Labute approximate surface area is 186 Å². The zero-order valence-electron chi connectivity index (χ0n) is 17.4. The molecular formula is C25H26N2O3S. The zero-order valence-corrected chi connectivity index (χ0v) is 18.2. The minimum Gasteiger partial charge on any atom is -0.454 e. The summed E-state index contributed by atoms with van der Waals surface area (Å²) >= 11 is 1.71. The first-order valence-electron chi connectivity index (χ1n) is 10.8. The highest BCUT2D eigenvalue weighted by Gasteiger charge is 2.28. The van der Waals surface area contributed by atoms with Crippen LogP contribution in [0.25, 0.3) is 11.1 Å². The third kappa shape index (κ3) is 4.60. The molecule has 160 valence electrons. The number of nitrogens with zero attached hydrogens (tertiary/aromatic N) is 1. The van der Waals surface area contributed by atoms with Gasteiger partial charge in [0.25, 0.3) is 0 Å². The van der Waals surface area contributed by atoms with Crippen LogP contribution in [0.3, 0.4) is 0 Å². The lowest BCUT2D eigenvalue weighted by atomic mass is 9.99. The summed E-state index contributed by atoms with van der Waals surface area (Å²) in [6.07, 6.45) is 3.13. The second-order valence-electron chi connectivity index (χ2n) is 8.10. The summed E-state index contributed by atoms with van der Waals surface area (Å²) in [5.74, 6) is 1.61. The molecule has 1 amide bonds. The van der Waals surface area contributed by atoms with Crippen LogP contribution in [0, 0.1) is 0 Å². The molecule has 1 aromatic heterocycles. The predicted molar refractivity (Wildman–Crippen MR) is 122 cm³/mol. The van der Waals surface area contributed by atoms with Crippen molar-refractivity contribution in [1.29, 1.82) is 0 Å². The van der Waals surface area contributed by atoms with Gasteiger partial charge in [0.2, 0.25) is 12.7 Å². The molecule has 1 fully saturated rings. The quantitative estimate of drug-likeness (QED) is 0.605. The van der Waals surface area contributed by atoms with Crippen molar-refractivity contribution in [2.75, 3.05) is 13.3 Å². The molecule has 5 rings (SSSR count). The number of likely N-dealkylation sites (tertiary alicyclic amines) is 1. The minimum absolute atomic E-state index is 0.0840. The minimum atomic E-state index is -0.0840. The van der Waals surface area contributed by atoms with E-state index in [0.29, 0.717) is 6.54 Å². The van der Waals surface area contributed by atoms with Crippen molar-refractivity contribution in [2.24, 2.45) is 0 Å². The molecular weight excluding hydrogens is 408 g/mol. The van der Waals surface area contributed by atoms with Gasteiger partial charge in [-0.15, -0.1) is 0 Å². The molecule has 1 atom stereocenters. The van der Waals surface area contributed by atoms with Crippen LogP contribution < -0.4 is 14.8 Å². The Kier molecular flexibility index (Phi) is 5.91. The lowest BCUT2D eigenvalue weighted by Gasteiger charge is -2.34. The lowest BCUT2D eigenvalue weighted by Crippen LogP contribution is -2.48. The molecule has 2 aromatic carbocycles. The van der Waals surface area contributed by atoms with E-state index in [1.54, 1.807) is 11.3 Å². The van der Waals surface area contributed by atoms with Crippen LogP contribution >= 0.6 is 11.3 Å². The number of hydrogen-bond acceptors (Lipinski definition) is 5. The van der Waals surface area contributed by atoms with E-state index in [4.69, 9.17) is 9.47 Å². The Morgan fingerprint density at radius 1 is 1.00 bits per heavy atom. The van der Waals surface area contributed by atoms with E-state index in [1.165, 1.54) is 16.7 Å². The molecule has 31 heavy (non-hydrogen) atoms. The van der Waals surface area contributed by atoms with Gasteiger partial charge >= 0.3 is 0 Å². The molecule has 2 aliphatic heterocycles. The van der Waals surface area contributed by atoms with Gasteiger partial charge < -0.3 is 14.8 Å². The van der Waals surface area contributed by atoms with E-state index in [9.17, 15) is 4.79 Å². The summed E-state index contributed by atoms with van der Waals surface area (Å²) < 4.78 is 10.8. The maximum absolute atomic E-state index is 13.0. The van der Waals surface area contributed by atoms with Gasteiger partial charge in [0.15, 0.2) is 11.5 Å². The highest BCUT2D eigenvalue weighted by atomic mass is 32.1. The summed E-state index contributed by atoms with van der Waals surface area (Å²) in [7, 11) is 0. The van der Waals surface area contributed by atoms with Crippen LogP contribution in [0.2, 0.25) is 0 Å². The predicted octanol–water partition coefficient (Wildman–Crippen LogP) is 4.81. The van der Waals surface area contributed by atoms with Gasteiger partial charge in [-0.1, -0.05) is 36.8 Å². The van der Waals surface area contributed by atoms with E-state index in [0.717, 1.165) is 49.4 Å². The SMILES string of the molecule is O=C(NCc1ccc2c(c1)OCO2)C1CCCCN1Cc1ccc(-c2ccsc2)cc1. The Morgan fingerprint density at radius 3 is 2.68 bits per heavy atom. The first-order chi connectivity index (χ1) is 15.3. The third-order valence-electron chi connectivity index (χ3n) is 6.01. The van der Waals surface area contributed by atoms with Crippen molar-refractivity contribution in [3.05, 3.63) is 70.4 Å². The topological polar surface area (TPSA) is 50.8 Å². The van der Waals surface area contributed by atoms with Crippen LogP contribution in [-0.4, -0.2) is 30.2 Å². The van der Waals surface area contributed by atoms with E-state index in [1.807, 2.05) is 18.2 Å². The maximum Gasteiger partial charge on any atom is 0.237 e. The van der Waals surface area contributed by atoms with Crippen molar-refractivity contribution in [2.45, 2.75) is 38.4 Å². The molecule has 0 spiro atoms. The fourth-order valence-electron chi connectivity index (χ4n) is 4.30. The molecule has 0 aliphatic carbocycles. The number of carbonyl (C=O) groups excluding carboxylic acids is 1. The number of rotatable bonds is 6. The number of ether oxygens (including phenoxy) is 2. The molecule has 3 heterocycles. The van der Waals surface area contributed by atoms with Crippen LogP contribution in [0.5, 0.6) is 11.5 Å². The fourth-order valence-corrected chi connectivity index (χ4v) is 4.97. The summed E-state index contributed by atoms with van der Waals surface area (Å²) in [5.41, 5.74) is 4.76. The summed E-state index contributed by atoms with van der Waals surface area (Å²) in [5, 5.41) is 7.40. The fraction of sp³-hybridized carbons (Fsp3) is 0.320. The number of amides is 1. The number of benzene rings is 2. The lowest BCUT2D eigenvalue weighted by molar-refractivity contribution is -0.128. The molecule has 0 saturated carbocycles. The van der Waals surface area contributed by atoms with E-state index >= 15 is 0 Å². The first kappa shape index (κ1) is 20.1. The number of hydrogen-bond donors (Lipinski definition) is 1. The maximum atomic E-state index is 13.0. The molecule has 0 bridgehead atoms. The standard InChI is InChI=1S/C25H26N2O3S/c28-25(26-14-19-6-9-23-24(13-19)30-17-29-23)22-3-1-2-11-27(22)15-18-4-7-20(8-5-18)21-10-12-31-16-21/h4-10,12-13,16,22H,1-3,11,14-15,17H2,(H,26,28). The molecule has 6 heteroatoms. The van der Waals surface area contributed by atoms with Crippen LogP contribution in [-0.2, 0) is 17.9 Å². The van der Waals surface area contributed by atoms with E-state index in [2.05, 4.69) is 51.3 Å². The summed E-state index contributed by atoms with van der Waals surface area (Å²) in [6.45, 7) is 2.51. The Morgan fingerprint density at radius 2 is 1.84 bits per heavy atom. The molecule has 3 aromatic rings. The van der Waals surface area contributed by atoms with Gasteiger partial charge in [-0.05, 0) is 70.6 Å². The van der Waals surface area contributed by atoms with Crippen molar-refractivity contribution in [3.63, 3.8) is 0 Å². The average molecular weight is 435 g/mol. The van der Waals surface area contributed by atoms with E-state index in [-0.39, 0.29) is 18.7 Å². The third-order valence-corrected chi connectivity index (χ3v) is 6.70. The van der Waals surface area contributed by atoms with Crippen molar-refractivity contribution in [3.8, 4) is 22.6 Å². The summed E-state index contributed by atoms with van der Waals surface area (Å²) in [4.78, 5) is 15.3. The normalized spacial score (nSPS) is 18.1. The average Bonchev–Trinajstić information content (AvgIpc) is 3.50. The number of nitrogens with one attached hydrogen (secondary N) is 1. The first-order valence-corrected chi connectivity index (χ1v) is 11.7. The van der Waals surface area contributed by atoms with Crippen LogP contribution in [0.15, 0.2) is 59.3 Å². The number of piperidine rings is 1. The van der Waals surface area contributed by atoms with Crippen LogP contribution in [0.1, 0.15) is 30.4 Å². The molecule has 1 N–H and O–H groups in total. The van der Waals surface area contributed by atoms with Crippen molar-refractivity contribution in [1.82, 2.24) is 10.2 Å². The van der Waals surface area contributed by atoms with Gasteiger partial charge in [-0.3, -0.25) is 9.69 Å². The van der Waals surface area contributed by atoms with Gasteiger partial charge in [0.1, 0.15) is 0 Å². The smallest absolute Gasteiger partial charge is 0.237 e. The van der Waals surface area contributed by atoms with Gasteiger partial charge in [0.05, 0.1) is 6.04 Å². The number of carbonyl (C=O) groups is 1. The highest BCUT2D eigenvalue weighted by molar-refractivity contribution is 7.08. The molecule has 0 radical (unpaired) electrons. The number of fused-ring (bicyclic) bond motifs is 1.